The summed E-state index contributed by atoms with van der Waals surface area (Å²) in [6, 6.07) is 0. The second-order valence-electron chi connectivity index (χ2n) is 4.59. The quantitative estimate of drug-likeness (QED) is 0.713. The van der Waals surface area contributed by atoms with Crippen LogP contribution in [0, 0.1) is 11.8 Å². The molecule has 1 aliphatic heterocycles. The molecule has 78 valence electrons. The Morgan fingerprint density at radius 1 is 1.38 bits per heavy atom. The molecule has 0 aromatic heterocycles. The van der Waals surface area contributed by atoms with Crippen molar-refractivity contribution in [3.8, 4) is 0 Å². The maximum Gasteiger partial charge on any atom is 0.104 e. The summed E-state index contributed by atoms with van der Waals surface area (Å²) in [5.74, 6) is 0.919. The number of hydrogen-bond donors (Lipinski definition) is 1. The van der Waals surface area contributed by atoms with Gasteiger partial charge in [0.1, 0.15) is 6.17 Å². The Kier molecular flexibility index (Phi) is 4.71. The van der Waals surface area contributed by atoms with Gasteiger partial charge in [-0.05, 0) is 38.1 Å². The summed E-state index contributed by atoms with van der Waals surface area (Å²) in [6.07, 6.45) is 3.43. The Hall–Kier alpha value is -0.110. The van der Waals surface area contributed by atoms with Gasteiger partial charge in [-0.3, -0.25) is 0 Å². The second kappa shape index (κ2) is 5.58. The fraction of sp³-hybridized carbons (Fsp3) is 1.00. The average Bonchev–Trinajstić information content (AvgIpc) is 2.15. The third kappa shape index (κ3) is 4.08. The van der Waals surface area contributed by atoms with Crippen molar-refractivity contribution in [1.29, 1.82) is 0 Å². The first-order valence-electron chi connectivity index (χ1n) is 5.55. The van der Waals surface area contributed by atoms with E-state index in [9.17, 15) is 4.39 Å². The third-order valence-electron chi connectivity index (χ3n) is 2.87. The molecular formula is C11H22FN. The van der Waals surface area contributed by atoms with Gasteiger partial charge in [-0.1, -0.05) is 13.8 Å². The molecule has 1 N–H and O–H groups in total. The van der Waals surface area contributed by atoms with Gasteiger partial charge in [0, 0.05) is 12.5 Å². The summed E-state index contributed by atoms with van der Waals surface area (Å²) in [7, 11) is 0. The maximum atomic E-state index is 13.6. The molecule has 1 heterocycles. The van der Waals surface area contributed by atoms with Gasteiger partial charge in [0.15, 0.2) is 0 Å². The lowest BCUT2D eigenvalue weighted by molar-refractivity contribution is 0.173. The number of hydrogen-bond acceptors (Lipinski definition) is 1. The van der Waals surface area contributed by atoms with Gasteiger partial charge in [0.2, 0.25) is 0 Å². The van der Waals surface area contributed by atoms with Gasteiger partial charge in [-0.2, -0.15) is 0 Å². The molecule has 0 aliphatic carbocycles. The number of nitrogens with one attached hydrogen (secondary N) is 1. The van der Waals surface area contributed by atoms with Crippen molar-refractivity contribution in [3.63, 3.8) is 0 Å². The molecule has 1 aliphatic rings. The van der Waals surface area contributed by atoms with Gasteiger partial charge >= 0.3 is 0 Å². The van der Waals surface area contributed by atoms with E-state index in [0.29, 0.717) is 5.92 Å². The first kappa shape index (κ1) is 11.0. The average molecular weight is 187 g/mol. The van der Waals surface area contributed by atoms with Crippen molar-refractivity contribution in [2.45, 2.75) is 45.7 Å². The highest BCUT2D eigenvalue weighted by atomic mass is 19.1. The highest BCUT2D eigenvalue weighted by Gasteiger charge is 2.22. The van der Waals surface area contributed by atoms with Crippen LogP contribution < -0.4 is 5.32 Å². The van der Waals surface area contributed by atoms with Gasteiger partial charge < -0.3 is 5.32 Å². The van der Waals surface area contributed by atoms with E-state index in [1.54, 1.807) is 0 Å². The zero-order chi connectivity index (χ0) is 9.68. The third-order valence-corrected chi connectivity index (χ3v) is 2.87. The molecule has 1 saturated heterocycles. The Morgan fingerprint density at radius 2 is 2.15 bits per heavy atom. The molecule has 0 saturated carbocycles. The minimum absolute atomic E-state index is 0.285. The molecule has 1 fully saturated rings. The first-order valence-corrected chi connectivity index (χ1v) is 5.55. The molecule has 0 amide bonds. The normalized spacial score (nSPS) is 26.3. The van der Waals surface area contributed by atoms with Crippen molar-refractivity contribution in [2.75, 3.05) is 13.1 Å². The number of halogens is 1. The van der Waals surface area contributed by atoms with Crippen LogP contribution in [0.5, 0.6) is 0 Å². The van der Waals surface area contributed by atoms with Crippen molar-refractivity contribution >= 4 is 0 Å². The Balaban J connectivity index is 2.17. The van der Waals surface area contributed by atoms with Gasteiger partial charge in [0.25, 0.3) is 0 Å². The Labute approximate surface area is 81.1 Å². The van der Waals surface area contributed by atoms with Crippen molar-refractivity contribution in [1.82, 2.24) is 5.32 Å². The van der Waals surface area contributed by atoms with E-state index >= 15 is 0 Å². The zero-order valence-corrected chi connectivity index (χ0v) is 8.85. The fourth-order valence-corrected chi connectivity index (χ4v) is 1.92. The molecule has 0 bridgehead atoms. The molecule has 13 heavy (non-hydrogen) atoms. The SMILES string of the molecule is CC(C)CCC(F)C1CCCNC1. The Morgan fingerprint density at radius 3 is 2.69 bits per heavy atom. The van der Waals surface area contributed by atoms with E-state index < -0.39 is 6.17 Å². The van der Waals surface area contributed by atoms with Crippen LogP contribution in [0.3, 0.4) is 0 Å². The highest BCUT2D eigenvalue weighted by Crippen LogP contribution is 2.22. The molecule has 1 nitrogen and oxygen atoms in total. The number of piperidine rings is 1. The van der Waals surface area contributed by atoms with E-state index in [4.69, 9.17) is 0 Å². The standard InChI is InChI=1S/C11H22FN/c1-9(2)5-6-11(12)10-4-3-7-13-8-10/h9-11,13H,3-8H2,1-2H3. The van der Waals surface area contributed by atoms with E-state index in [2.05, 4.69) is 19.2 Å². The van der Waals surface area contributed by atoms with Gasteiger partial charge in [-0.15, -0.1) is 0 Å². The molecule has 0 radical (unpaired) electrons. The summed E-state index contributed by atoms with van der Waals surface area (Å²) in [5.41, 5.74) is 0. The predicted molar refractivity (Wildman–Crippen MR) is 54.6 cm³/mol. The lowest BCUT2D eigenvalue weighted by Gasteiger charge is -2.26. The van der Waals surface area contributed by atoms with Crippen LogP contribution in [-0.2, 0) is 0 Å². The maximum absolute atomic E-state index is 13.6. The molecule has 0 spiro atoms. The van der Waals surface area contributed by atoms with Crippen LogP contribution in [0.4, 0.5) is 4.39 Å². The summed E-state index contributed by atoms with van der Waals surface area (Å²) >= 11 is 0. The van der Waals surface area contributed by atoms with E-state index in [0.717, 1.165) is 38.8 Å². The largest absolute Gasteiger partial charge is 0.316 e. The van der Waals surface area contributed by atoms with Gasteiger partial charge in [-0.25, -0.2) is 4.39 Å². The second-order valence-corrected chi connectivity index (χ2v) is 4.59. The van der Waals surface area contributed by atoms with E-state index in [-0.39, 0.29) is 5.92 Å². The summed E-state index contributed by atoms with van der Waals surface area (Å²) in [4.78, 5) is 0. The highest BCUT2D eigenvalue weighted by molar-refractivity contribution is 4.76. The summed E-state index contributed by atoms with van der Waals surface area (Å²) < 4.78 is 13.6. The molecule has 0 aromatic rings. The van der Waals surface area contributed by atoms with Crippen LogP contribution >= 0.6 is 0 Å². The smallest absolute Gasteiger partial charge is 0.104 e. The van der Waals surface area contributed by atoms with Gasteiger partial charge in [0.05, 0.1) is 0 Å². The topological polar surface area (TPSA) is 12.0 Å². The van der Waals surface area contributed by atoms with Crippen LogP contribution in [0.2, 0.25) is 0 Å². The number of rotatable bonds is 4. The number of alkyl halides is 1. The molecule has 2 atom stereocenters. The molecular weight excluding hydrogens is 165 g/mol. The lowest BCUT2D eigenvalue weighted by atomic mass is 9.90. The summed E-state index contributed by atoms with van der Waals surface area (Å²) in [6.45, 7) is 6.28. The summed E-state index contributed by atoms with van der Waals surface area (Å²) in [5, 5.41) is 3.26. The fourth-order valence-electron chi connectivity index (χ4n) is 1.92. The van der Waals surface area contributed by atoms with Crippen LogP contribution in [0.1, 0.15) is 39.5 Å². The van der Waals surface area contributed by atoms with Crippen molar-refractivity contribution in [3.05, 3.63) is 0 Å². The van der Waals surface area contributed by atoms with Crippen molar-refractivity contribution < 1.29 is 4.39 Å². The monoisotopic (exact) mass is 187 g/mol. The van der Waals surface area contributed by atoms with Crippen LogP contribution in [0.15, 0.2) is 0 Å². The minimum atomic E-state index is -0.574. The molecule has 2 heteroatoms. The Bertz CT molecular complexity index is 130. The first-order chi connectivity index (χ1) is 6.20. The predicted octanol–water partition coefficient (Wildman–Crippen LogP) is 2.76. The minimum Gasteiger partial charge on any atom is -0.316 e. The lowest BCUT2D eigenvalue weighted by Crippen LogP contribution is -2.35. The van der Waals surface area contributed by atoms with Crippen LogP contribution in [-0.4, -0.2) is 19.3 Å². The van der Waals surface area contributed by atoms with E-state index in [1.807, 2.05) is 0 Å². The van der Waals surface area contributed by atoms with Crippen LogP contribution in [0.25, 0.3) is 0 Å². The molecule has 2 unspecified atom stereocenters. The zero-order valence-electron chi connectivity index (χ0n) is 8.85. The molecule has 0 aromatic carbocycles. The van der Waals surface area contributed by atoms with E-state index in [1.165, 1.54) is 0 Å². The molecule has 1 rings (SSSR count). The van der Waals surface area contributed by atoms with Crippen molar-refractivity contribution in [2.24, 2.45) is 11.8 Å².